The molecule has 1 fully saturated rings. The molecule has 138 valence electrons. The number of nitroso groups, excluding NO2 is 1. The summed E-state index contributed by atoms with van der Waals surface area (Å²) in [5.74, 6) is -1.66. The Labute approximate surface area is 155 Å². The number of esters is 1. The van der Waals surface area contributed by atoms with Crippen molar-refractivity contribution in [2.24, 2.45) is 5.18 Å². The standard InChI is InChI=1S/C18H18ClNO6/c1-3-25-18(23)16-12(17(19)14(22)9-13(16)20-24)8-11(21)6-4-5-7-15-10(2)26-15/h4-7,9-10,15,22H,3,8H2,1-2H3/b6-4+,7-5-/t10-,15-/m0/s1. The van der Waals surface area contributed by atoms with Crippen molar-refractivity contribution in [3.63, 3.8) is 0 Å². The largest absolute Gasteiger partial charge is 0.506 e. The van der Waals surface area contributed by atoms with Gasteiger partial charge in [-0.25, -0.2) is 4.79 Å². The first-order valence-electron chi connectivity index (χ1n) is 7.97. The van der Waals surface area contributed by atoms with Gasteiger partial charge in [-0.3, -0.25) is 4.79 Å². The first-order chi connectivity index (χ1) is 12.4. The van der Waals surface area contributed by atoms with Gasteiger partial charge in [0.05, 0.1) is 23.3 Å². The molecule has 7 nitrogen and oxygen atoms in total. The van der Waals surface area contributed by atoms with Gasteiger partial charge in [0.1, 0.15) is 17.5 Å². The second kappa shape index (κ2) is 8.73. The summed E-state index contributed by atoms with van der Waals surface area (Å²) in [6.45, 7) is 3.59. The number of epoxide rings is 1. The van der Waals surface area contributed by atoms with Crippen LogP contribution in [0.15, 0.2) is 35.5 Å². The van der Waals surface area contributed by atoms with E-state index >= 15 is 0 Å². The smallest absolute Gasteiger partial charge is 0.340 e. The van der Waals surface area contributed by atoms with E-state index < -0.39 is 11.7 Å². The summed E-state index contributed by atoms with van der Waals surface area (Å²) < 4.78 is 10.1. The van der Waals surface area contributed by atoms with E-state index in [1.165, 1.54) is 12.2 Å². The molecule has 0 unspecified atom stereocenters. The Balaban J connectivity index is 2.25. The highest BCUT2D eigenvalue weighted by molar-refractivity contribution is 6.33. The number of rotatable bonds is 8. The Bertz CT molecular complexity index is 786. The van der Waals surface area contributed by atoms with Gasteiger partial charge in [0.25, 0.3) is 0 Å². The molecule has 0 saturated carbocycles. The number of ether oxygens (including phenoxy) is 2. The Morgan fingerprint density at radius 1 is 1.42 bits per heavy atom. The summed E-state index contributed by atoms with van der Waals surface area (Å²) in [4.78, 5) is 35.3. The molecule has 2 atom stereocenters. The van der Waals surface area contributed by atoms with Gasteiger partial charge < -0.3 is 14.6 Å². The van der Waals surface area contributed by atoms with E-state index in [2.05, 4.69) is 5.18 Å². The molecule has 0 amide bonds. The van der Waals surface area contributed by atoms with E-state index in [9.17, 15) is 19.6 Å². The summed E-state index contributed by atoms with van der Waals surface area (Å²) >= 11 is 6.03. The van der Waals surface area contributed by atoms with Crippen LogP contribution in [0.5, 0.6) is 5.75 Å². The van der Waals surface area contributed by atoms with Crippen molar-refractivity contribution in [2.45, 2.75) is 32.5 Å². The molecule has 1 N–H and O–H groups in total. The van der Waals surface area contributed by atoms with Crippen LogP contribution in [-0.4, -0.2) is 35.7 Å². The van der Waals surface area contributed by atoms with Crippen LogP contribution in [0.4, 0.5) is 5.69 Å². The molecule has 0 aliphatic carbocycles. The molecule has 0 aromatic heterocycles. The van der Waals surface area contributed by atoms with Gasteiger partial charge in [0.2, 0.25) is 0 Å². The summed E-state index contributed by atoms with van der Waals surface area (Å²) in [6, 6.07) is 0.963. The third-order valence-electron chi connectivity index (χ3n) is 3.70. The summed E-state index contributed by atoms with van der Waals surface area (Å²) in [5.41, 5.74) is -0.559. The maximum Gasteiger partial charge on any atom is 0.340 e. The molecular weight excluding hydrogens is 362 g/mol. The number of hydrogen-bond donors (Lipinski definition) is 1. The van der Waals surface area contributed by atoms with E-state index in [1.54, 1.807) is 13.0 Å². The molecule has 0 bridgehead atoms. The monoisotopic (exact) mass is 379 g/mol. The highest BCUT2D eigenvalue weighted by atomic mass is 35.5. The molecule has 1 aromatic carbocycles. The van der Waals surface area contributed by atoms with Crippen LogP contribution >= 0.6 is 11.6 Å². The van der Waals surface area contributed by atoms with Gasteiger partial charge in [0.15, 0.2) is 5.78 Å². The van der Waals surface area contributed by atoms with Crippen LogP contribution < -0.4 is 0 Å². The zero-order valence-electron chi connectivity index (χ0n) is 14.3. The molecular formula is C18H18ClNO6. The molecule has 1 heterocycles. The molecule has 1 aromatic rings. The molecule has 2 rings (SSSR count). The van der Waals surface area contributed by atoms with Gasteiger partial charge in [-0.1, -0.05) is 29.8 Å². The number of benzene rings is 1. The fraction of sp³-hybridized carbons (Fsp3) is 0.333. The van der Waals surface area contributed by atoms with Gasteiger partial charge in [-0.15, -0.1) is 4.91 Å². The Kier molecular flexibility index (Phi) is 6.65. The molecule has 8 heteroatoms. The van der Waals surface area contributed by atoms with Gasteiger partial charge in [0, 0.05) is 12.5 Å². The topological polar surface area (TPSA) is 106 Å². The van der Waals surface area contributed by atoms with E-state index in [1.807, 2.05) is 13.0 Å². The van der Waals surface area contributed by atoms with Gasteiger partial charge >= 0.3 is 5.97 Å². The van der Waals surface area contributed by atoms with E-state index in [0.717, 1.165) is 6.07 Å². The zero-order valence-corrected chi connectivity index (χ0v) is 15.0. The average molecular weight is 380 g/mol. The van der Waals surface area contributed by atoms with Crippen LogP contribution in [0.2, 0.25) is 5.02 Å². The molecule has 1 aliphatic heterocycles. The minimum Gasteiger partial charge on any atom is -0.506 e. The maximum absolute atomic E-state index is 12.2. The number of aromatic hydroxyl groups is 1. The highest BCUT2D eigenvalue weighted by Crippen LogP contribution is 2.37. The van der Waals surface area contributed by atoms with Gasteiger partial charge in [-0.2, -0.15) is 0 Å². The zero-order chi connectivity index (χ0) is 19.3. The second-order valence-corrected chi connectivity index (χ2v) is 5.96. The number of phenols is 1. The van der Waals surface area contributed by atoms with Crippen molar-refractivity contribution in [3.8, 4) is 5.75 Å². The van der Waals surface area contributed by atoms with Crippen molar-refractivity contribution in [1.82, 2.24) is 0 Å². The number of allylic oxidation sites excluding steroid dienone is 3. The average Bonchev–Trinajstić information content (AvgIpc) is 3.31. The van der Waals surface area contributed by atoms with Crippen molar-refractivity contribution >= 4 is 29.0 Å². The molecule has 1 saturated heterocycles. The molecule has 0 spiro atoms. The lowest BCUT2D eigenvalue weighted by atomic mass is 9.99. The number of carbonyl (C=O) groups is 2. The first-order valence-corrected chi connectivity index (χ1v) is 8.34. The van der Waals surface area contributed by atoms with E-state index in [-0.39, 0.29) is 52.9 Å². The third-order valence-corrected chi connectivity index (χ3v) is 4.12. The van der Waals surface area contributed by atoms with E-state index in [4.69, 9.17) is 21.1 Å². The van der Waals surface area contributed by atoms with Crippen LogP contribution in [-0.2, 0) is 20.7 Å². The summed E-state index contributed by atoms with van der Waals surface area (Å²) in [6.07, 6.45) is 6.28. The maximum atomic E-state index is 12.2. The normalized spacial score (nSPS) is 19.0. The number of nitrogens with zero attached hydrogens (tertiary/aromatic N) is 1. The lowest BCUT2D eigenvalue weighted by molar-refractivity contribution is -0.114. The Hall–Kier alpha value is -2.51. The van der Waals surface area contributed by atoms with Crippen LogP contribution in [0, 0.1) is 4.91 Å². The highest BCUT2D eigenvalue weighted by Gasteiger charge is 2.30. The number of phenolic OH excluding ortho intramolecular Hbond substituents is 1. The molecule has 26 heavy (non-hydrogen) atoms. The van der Waals surface area contributed by atoms with Crippen molar-refractivity contribution in [3.05, 3.63) is 51.4 Å². The number of ketones is 1. The fourth-order valence-electron chi connectivity index (χ4n) is 2.33. The quantitative estimate of drug-likeness (QED) is 0.243. The SMILES string of the molecule is CCOC(=O)c1c(N=O)cc(O)c(Cl)c1CC(=O)/C=C/C=C\[C@@H]1O[C@H]1C. The predicted octanol–water partition coefficient (Wildman–Crippen LogP) is 3.63. The van der Waals surface area contributed by atoms with Crippen LogP contribution in [0.1, 0.15) is 29.8 Å². The minimum atomic E-state index is -0.837. The number of carbonyl (C=O) groups excluding carboxylic acids is 2. The number of halogens is 1. The third kappa shape index (κ3) is 4.77. The van der Waals surface area contributed by atoms with Crippen molar-refractivity contribution in [1.29, 1.82) is 0 Å². The summed E-state index contributed by atoms with van der Waals surface area (Å²) in [5, 5.41) is 12.4. The lowest BCUT2D eigenvalue weighted by Crippen LogP contribution is -2.12. The molecule has 1 aliphatic rings. The van der Waals surface area contributed by atoms with Crippen LogP contribution in [0.25, 0.3) is 0 Å². The number of hydrogen-bond acceptors (Lipinski definition) is 7. The Morgan fingerprint density at radius 3 is 2.69 bits per heavy atom. The van der Waals surface area contributed by atoms with Crippen LogP contribution in [0.3, 0.4) is 0 Å². The van der Waals surface area contributed by atoms with Gasteiger partial charge in [-0.05, 0) is 30.7 Å². The predicted molar refractivity (Wildman–Crippen MR) is 95.9 cm³/mol. The molecule has 0 radical (unpaired) electrons. The second-order valence-electron chi connectivity index (χ2n) is 5.59. The minimum absolute atomic E-state index is 0.00232. The van der Waals surface area contributed by atoms with E-state index in [0.29, 0.717) is 0 Å². The fourth-order valence-corrected chi connectivity index (χ4v) is 2.54. The van der Waals surface area contributed by atoms with Crippen molar-refractivity contribution in [2.75, 3.05) is 6.61 Å². The van der Waals surface area contributed by atoms with Crippen molar-refractivity contribution < 1.29 is 24.2 Å². The lowest BCUT2D eigenvalue weighted by Gasteiger charge is -2.12. The summed E-state index contributed by atoms with van der Waals surface area (Å²) in [7, 11) is 0. The Morgan fingerprint density at radius 2 is 2.12 bits per heavy atom. The first kappa shape index (κ1) is 19.8.